The van der Waals surface area contributed by atoms with Crippen LogP contribution >= 0.6 is 0 Å². The summed E-state index contributed by atoms with van der Waals surface area (Å²) in [7, 11) is -1.74. The van der Waals surface area contributed by atoms with E-state index < -0.39 is 8.32 Å². The minimum absolute atomic E-state index is 0.320. The summed E-state index contributed by atoms with van der Waals surface area (Å²) in [5.74, 6) is 0. The van der Waals surface area contributed by atoms with E-state index >= 15 is 0 Å². The third kappa shape index (κ3) is 3.60. The highest BCUT2D eigenvalue weighted by Crippen LogP contribution is 2.44. The molecule has 19 heavy (non-hydrogen) atoms. The van der Waals surface area contributed by atoms with Crippen molar-refractivity contribution in [3.8, 4) is 0 Å². The van der Waals surface area contributed by atoms with Crippen LogP contribution < -0.4 is 0 Å². The molecule has 0 bridgehead atoms. The molecule has 110 valence electrons. The van der Waals surface area contributed by atoms with E-state index in [1.165, 1.54) is 24.8 Å². The molecule has 0 saturated heterocycles. The lowest BCUT2D eigenvalue weighted by Crippen LogP contribution is -2.50. The van der Waals surface area contributed by atoms with Gasteiger partial charge in [-0.1, -0.05) is 65.8 Å². The molecule has 0 amide bonds. The molecular weight excluding hydrogens is 248 g/mol. The minimum atomic E-state index is -1.74. The monoisotopic (exact) mass is 280 g/mol. The number of rotatable bonds is 6. The fourth-order valence-electron chi connectivity index (χ4n) is 3.85. The Hall–Kier alpha value is -0.343. The average molecular weight is 281 g/mol. The summed E-state index contributed by atoms with van der Waals surface area (Å²) in [6, 6.07) is 0. The second-order valence-corrected chi connectivity index (χ2v) is 12.2. The largest absolute Gasteiger partial charge is 0.410 e. The van der Waals surface area contributed by atoms with Gasteiger partial charge in [0.15, 0.2) is 0 Å². The molecule has 0 fully saturated rings. The van der Waals surface area contributed by atoms with Crippen LogP contribution in [0.2, 0.25) is 16.6 Å². The summed E-state index contributed by atoms with van der Waals surface area (Å²) in [5.41, 5.74) is 3.36. The van der Waals surface area contributed by atoms with E-state index in [2.05, 4.69) is 54.2 Å². The number of hydrogen-bond acceptors (Lipinski definition) is 1. The van der Waals surface area contributed by atoms with E-state index in [4.69, 9.17) is 4.43 Å². The van der Waals surface area contributed by atoms with Crippen LogP contribution in [0.5, 0.6) is 0 Å². The smallest absolute Gasteiger partial charge is 0.201 e. The lowest BCUT2D eigenvalue weighted by Gasteiger charge is -2.44. The Bertz CT molecular complexity index is 306. The van der Waals surface area contributed by atoms with Crippen molar-refractivity contribution >= 4 is 8.32 Å². The molecule has 1 aliphatic rings. The van der Waals surface area contributed by atoms with Crippen molar-refractivity contribution in [2.75, 3.05) is 0 Å². The zero-order valence-corrected chi connectivity index (χ0v) is 14.7. The van der Waals surface area contributed by atoms with Crippen molar-refractivity contribution in [2.24, 2.45) is 0 Å². The summed E-state index contributed by atoms with van der Waals surface area (Å²) in [6.45, 7) is 18.0. The molecule has 0 aliphatic heterocycles. The van der Waals surface area contributed by atoms with Gasteiger partial charge < -0.3 is 4.43 Å². The second-order valence-electron chi connectivity index (χ2n) is 6.81. The van der Waals surface area contributed by atoms with Gasteiger partial charge in [0.2, 0.25) is 8.32 Å². The molecular formula is C17H32OSi. The maximum Gasteiger partial charge on any atom is 0.201 e. The second kappa shape index (κ2) is 6.89. The Labute approximate surface area is 121 Å². The van der Waals surface area contributed by atoms with Gasteiger partial charge in [-0.15, -0.1) is 0 Å². The van der Waals surface area contributed by atoms with E-state index in [1.807, 2.05) is 6.08 Å². The van der Waals surface area contributed by atoms with Crippen molar-refractivity contribution in [1.29, 1.82) is 0 Å². The van der Waals surface area contributed by atoms with Crippen LogP contribution in [-0.2, 0) is 4.43 Å². The van der Waals surface area contributed by atoms with Crippen LogP contribution in [0.3, 0.4) is 0 Å². The summed E-state index contributed by atoms with van der Waals surface area (Å²) in [5, 5.41) is 0. The first kappa shape index (κ1) is 16.7. The van der Waals surface area contributed by atoms with E-state index in [0.717, 1.165) is 0 Å². The van der Waals surface area contributed by atoms with Gasteiger partial charge >= 0.3 is 0 Å². The normalized spacial score (nSPS) is 21.1. The van der Waals surface area contributed by atoms with E-state index in [1.54, 1.807) is 0 Å². The van der Waals surface area contributed by atoms with Gasteiger partial charge in [0.25, 0.3) is 0 Å². The maximum atomic E-state index is 6.81. The number of hydrogen-bond donors (Lipinski definition) is 0. The third-order valence-corrected chi connectivity index (χ3v) is 10.8. The zero-order chi connectivity index (χ0) is 14.6. The van der Waals surface area contributed by atoms with Crippen LogP contribution in [0.4, 0.5) is 0 Å². The van der Waals surface area contributed by atoms with Crippen molar-refractivity contribution in [1.82, 2.24) is 0 Å². The lowest BCUT2D eigenvalue weighted by atomic mass is 9.98. The Morgan fingerprint density at radius 2 is 1.68 bits per heavy atom. The van der Waals surface area contributed by atoms with Crippen molar-refractivity contribution in [3.63, 3.8) is 0 Å². The van der Waals surface area contributed by atoms with E-state index in [0.29, 0.717) is 22.7 Å². The van der Waals surface area contributed by atoms with Gasteiger partial charge in [-0.25, -0.2) is 0 Å². The van der Waals surface area contributed by atoms with Crippen LogP contribution in [0, 0.1) is 0 Å². The van der Waals surface area contributed by atoms with Gasteiger partial charge in [-0.3, -0.25) is 0 Å². The van der Waals surface area contributed by atoms with E-state index in [-0.39, 0.29) is 0 Å². The highest BCUT2D eigenvalue weighted by Gasteiger charge is 2.46. The highest BCUT2D eigenvalue weighted by molar-refractivity contribution is 6.77. The topological polar surface area (TPSA) is 9.23 Å². The first-order valence-electron chi connectivity index (χ1n) is 7.85. The van der Waals surface area contributed by atoms with Crippen LogP contribution in [0.25, 0.3) is 0 Å². The Morgan fingerprint density at radius 1 is 1.16 bits per heavy atom. The standard InChI is InChI=1S/C17H32OSi/c1-8-16-10-9-11-17(12-16)18-19(13(2)3,14(4)5)15(6)7/h8,12-15,17H,1,9-11H2,2-7H3. The summed E-state index contributed by atoms with van der Waals surface area (Å²) in [4.78, 5) is 0. The van der Waals surface area contributed by atoms with Gasteiger partial charge in [0.1, 0.15) is 0 Å². The molecule has 0 aromatic heterocycles. The van der Waals surface area contributed by atoms with Gasteiger partial charge in [-0.2, -0.15) is 0 Å². The first-order valence-corrected chi connectivity index (χ1v) is 9.99. The molecule has 2 heteroatoms. The van der Waals surface area contributed by atoms with Crippen molar-refractivity contribution in [3.05, 3.63) is 24.3 Å². The van der Waals surface area contributed by atoms with Crippen LogP contribution in [0.15, 0.2) is 24.3 Å². The molecule has 0 radical (unpaired) electrons. The van der Waals surface area contributed by atoms with Gasteiger partial charge in [0, 0.05) is 0 Å². The Balaban J connectivity index is 2.98. The Kier molecular flexibility index (Phi) is 6.06. The summed E-state index contributed by atoms with van der Waals surface area (Å²) in [6.07, 6.45) is 8.23. The fourth-order valence-corrected chi connectivity index (χ4v) is 9.37. The quantitative estimate of drug-likeness (QED) is 0.555. The van der Waals surface area contributed by atoms with Crippen molar-refractivity contribution in [2.45, 2.75) is 83.5 Å². The molecule has 0 N–H and O–H groups in total. The van der Waals surface area contributed by atoms with Gasteiger partial charge in [0.05, 0.1) is 6.10 Å². The lowest BCUT2D eigenvalue weighted by molar-refractivity contribution is 0.198. The van der Waals surface area contributed by atoms with Gasteiger partial charge in [-0.05, 0) is 35.9 Å². The zero-order valence-electron chi connectivity index (χ0n) is 13.7. The Morgan fingerprint density at radius 3 is 2.11 bits per heavy atom. The van der Waals surface area contributed by atoms with Crippen molar-refractivity contribution < 1.29 is 4.43 Å². The number of allylic oxidation sites excluding steroid dienone is 2. The third-order valence-electron chi connectivity index (χ3n) is 4.68. The molecule has 1 atom stereocenters. The summed E-state index contributed by atoms with van der Waals surface area (Å²) < 4.78 is 6.81. The average Bonchev–Trinajstić information content (AvgIpc) is 2.34. The molecule has 0 saturated carbocycles. The highest BCUT2D eigenvalue weighted by atomic mass is 28.4. The van der Waals surface area contributed by atoms with Crippen LogP contribution in [0.1, 0.15) is 60.8 Å². The predicted molar refractivity (Wildman–Crippen MR) is 88.1 cm³/mol. The predicted octanol–water partition coefficient (Wildman–Crippen LogP) is 5.84. The SMILES string of the molecule is C=CC1=CC(O[Si](C(C)C)(C(C)C)C(C)C)CCC1. The molecule has 0 aromatic carbocycles. The van der Waals surface area contributed by atoms with Crippen LogP contribution in [-0.4, -0.2) is 14.4 Å². The fraction of sp³-hybridized carbons (Fsp3) is 0.765. The molecule has 1 rings (SSSR count). The molecule has 0 heterocycles. The maximum absolute atomic E-state index is 6.81. The minimum Gasteiger partial charge on any atom is -0.410 e. The first-order chi connectivity index (χ1) is 8.84. The molecule has 1 unspecified atom stereocenters. The molecule has 1 aliphatic carbocycles. The molecule has 0 spiro atoms. The molecule has 0 aromatic rings. The molecule has 1 nitrogen and oxygen atoms in total. The van der Waals surface area contributed by atoms with E-state index in [9.17, 15) is 0 Å². The summed E-state index contributed by atoms with van der Waals surface area (Å²) >= 11 is 0.